The second-order valence-corrected chi connectivity index (χ2v) is 9.47. The molecule has 2 atom stereocenters. The van der Waals surface area contributed by atoms with Crippen LogP contribution in [-0.2, 0) is 4.74 Å². The quantitative estimate of drug-likeness (QED) is 0.493. The summed E-state index contributed by atoms with van der Waals surface area (Å²) in [6.45, 7) is 15.5. The molecule has 27 heavy (non-hydrogen) atoms. The Morgan fingerprint density at radius 3 is 2.56 bits per heavy atom. The van der Waals surface area contributed by atoms with Gasteiger partial charge in [-0.3, -0.25) is 10.1 Å². The SMILES string of the molecule is Cc1cc([N+](=O)[O-])ccc1N=C1SC[C@@H]([C@H](C)OC(C)(C)C)N1CC(C)C. The number of thioether (sulfide) groups is 1. The van der Waals surface area contributed by atoms with Gasteiger partial charge in [-0.05, 0) is 52.2 Å². The molecule has 1 aromatic carbocycles. The number of ether oxygens (including phenoxy) is 1. The minimum atomic E-state index is -0.374. The molecular weight excluding hydrogens is 362 g/mol. The molecule has 0 amide bonds. The molecule has 1 fully saturated rings. The molecule has 150 valence electrons. The van der Waals surface area contributed by atoms with Crippen LogP contribution >= 0.6 is 11.8 Å². The fraction of sp³-hybridized carbons (Fsp3) is 0.650. The second kappa shape index (κ2) is 8.61. The number of aryl methyl sites for hydroxylation is 1. The van der Waals surface area contributed by atoms with E-state index in [2.05, 4.69) is 46.4 Å². The monoisotopic (exact) mass is 393 g/mol. The molecule has 0 aliphatic carbocycles. The van der Waals surface area contributed by atoms with E-state index in [9.17, 15) is 10.1 Å². The number of nitro groups is 1. The Labute approximate surface area is 166 Å². The zero-order chi connectivity index (χ0) is 20.4. The van der Waals surface area contributed by atoms with Gasteiger partial charge in [0.05, 0.1) is 28.4 Å². The summed E-state index contributed by atoms with van der Waals surface area (Å²) in [6, 6.07) is 5.08. The van der Waals surface area contributed by atoms with Crippen molar-refractivity contribution in [3.63, 3.8) is 0 Å². The molecule has 0 aromatic heterocycles. The molecule has 0 spiro atoms. The van der Waals surface area contributed by atoms with E-state index in [0.29, 0.717) is 5.92 Å². The summed E-state index contributed by atoms with van der Waals surface area (Å²) in [5.41, 5.74) is 1.49. The lowest BCUT2D eigenvalue weighted by atomic mass is 10.1. The molecule has 1 aliphatic rings. The summed E-state index contributed by atoms with van der Waals surface area (Å²) >= 11 is 1.73. The van der Waals surface area contributed by atoms with Crippen molar-refractivity contribution in [3.8, 4) is 0 Å². The third-order valence-electron chi connectivity index (χ3n) is 4.28. The Kier molecular flexibility index (Phi) is 6.92. The first-order chi connectivity index (χ1) is 12.5. The lowest BCUT2D eigenvalue weighted by molar-refractivity contribution is -0.384. The van der Waals surface area contributed by atoms with Gasteiger partial charge >= 0.3 is 0 Å². The zero-order valence-corrected chi connectivity index (χ0v) is 18.2. The second-order valence-electron chi connectivity index (χ2n) is 8.48. The smallest absolute Gasteiger partial charge is 0.269 e. The first-order valence-electron chi connectivity index (χ1n) is 9.39. The van der Waals surface area contributed by atoms with Crippen LogP contribution in [0.4, 0.5) is 11.4 Å². The molecular formula is C20H31N3O3S. The standard InChI is InChI=1S/C20H31N3O3S/c1-13(2)11-22-18(15(4)26-20(5,6)7)12-27-19(22)21-17-9-8-16(23(24)25)10-14(17)3/h8-10,13,15,18H,11-12H2,1-7H3/t15-,18-/m0/s1. The van der Waals surface area contributed by atoms with E-state index in [-0.39, 0.29) is 28.4 Å². The number of non-ortho nitro benzene ring substituents is 1. The predicted molar refractivity (Wildman–Crippen MR) is 113 cm³/mol. The highest BCUT2D eigenvalue weighted by Crippen LogP contribution is 2.33. The summed E-state index contributed by atoms with van der Waals surface area (Å²) in [5, 5.41) is 11.9. The topological polar surface area (TPSA) is 68.0 Å². The fourth-order valence-corrected chi connectivity index (χ4v) is 4.49. The maximum Gasteiger partial charge on any atom is 0.269 e. The summed E-state index contributed by atoms with van der Waals surface area (Å²) in [5.74, 6) is 1.42. The van der Waals surface area contributed by atoms with Crippen molar-refractivity contribution in [1.29, 1.82) is 0 Å². The molecule has 1 aliphatic heterocycles. The average Bonchev–Trinajstić information content (AvgIpc) is 2.89. The van der Waals surface area contributed by atoms with E-state index < -0.39 is 0 Å². The maximum absolute atomic E-state index is 11.0. The molecule has 0 saturated carbocycles. The van der Waals surface area contributed by atoms with Crippen LogP contribution in [0.1, 0.15) is 47.1 Å². The van der Waals surface area contributed by atoms with Crippen molar-refractivity contribution in [2.24, 2.45) is 10.9 Å². The van der Waals surface area contributed by atoms with Crippen molar-refractivity contribution in [2.45, 2.75) is 66.2 Å². The minimum absolute atomic E-state index is 0.0851. The van der Waals surface area contributed by atoms with Gasteiger partial charge in [-0.25, -0.2) is 4.99 Å². The van der Waals surface area contributed by atoms with Crippen molar-refractivity contribution < 1.29 is 9.66 Å². The molecule has 6 nitrogen and oxygen atoms in total. The molecule has 0 N–H and O–H groups in total. The highest BCUT2D eigenvalue weighted by Gasteiger charge is 2.36. The predicted octanol–water partition coefficient (Wildman–Crippen LogP) is 5.17. The Bertz CT molecular complexity index is 713. The normalized spacial score (nSPS) is 20.5. The summed E-state index contributed by atoms with van der Waals surface area (Å²) < 4.78 is 6.21. The van der Waals surface area contributed by atoms with Crippen LogP contribution in [0.5, 0.6) is 0 Å². The first kappa shape index (κ1) is 21.7. The van der Waals surface area contributed by atoms with Crippen LogP contribution in [0, 0.1) is 23.0 Å². The molecule has 1 saturated heterocycles. The van der Waals surface area contributed by atoms with Crippen molar-refractivity contribution >= 4 is 28.3 Å². The van der Waals surface area contributed by atoms with Gasteiger partial charge in [0.1, 0.15) is 0 Å². The number of hydrogen-bond donors (Lipinski definition) is 0. The van der Waals surface area contributed by atoms with Gasteiger partial charge in [0.25, 0.3) is 5.69 Å². The fourth-order valence-electron chi connectivity index (χ4n) is 3.18. The Morgan fingerprint density at radius 2 is 2.04 bits per heavy atom. The van der Waals surface area contributed by atoms with Crippen LogP contribution in [0.3, 0.4) is 0 Å². The van der Waals surface area contributed by atoms with Gasteiger partial charge in [0, 0.05) is 24.4 Å². The van der Waals surface area contributed by atoms with E-state index in [1.165, 1.54) is 6.07 Å². The van der Waals surface area contributed by atoms with Crippen molar-refractivity contribution in [3.05, 3.63) is 33.9 Å². The lowest BCUT2D eigenvalue weighted by Crippen LogP contribution is -2.46. The van der Waals surface area contributed by atoms with Gasteiger partial charge in [-0.2, -0.15) is 0 Å². The molecule has 2 rings (SSSR count). The highest BCUT2D eigenvalue weighted by atomic mass is 32.2. The number of amidine groups is 1. The average molecular weight is 394 g/mol. The Hall–Kier alpha value is -1.60. The number of aliphatic imine (C=N–C) groups is 1. The Morgan fingerprint density at radius 1 is 1.37 bits per heavy atom. The van der Waals surface area contributed by atoms with E-state index in [1.807, 2.05) is 6.92 Å². The van der Waals surface area contributed by atoms with E-state index in [0.717, 1.165) is 28.7 Å². The summed E-state index contributed by atoms with van der Waals surface area (Å²) in [6.07, 6.45) is 0.0851. The number of benzene rings is 1. The summed E-state index contributed by atoms with van der Waals surface area (Å²) in [4.78, 5) is 17.8. The maximum atomic E-state index is 11.0. The molecule has 0 unspecified atom stereocenters. The molecule has 0 radical (unpaired) electrons. The van der Waals surface area contributed by atoms with E-state index in [4.69, 9.17) is 9.73 Å². The van der Waals surface area contributed by atoms with Crippen LogP contribution in [-0.4, -0.2) is 45.0 Å². The van der Waals surface area contributed by atoms with Crippen molar-refractivity contribution in [1.82, 2.24) is 4.90 Å². The van der Waals surface area contributed by atoms with Gasteiger partial charge in [0.15, 0.2) is 5.17 Å². The summed E-state index contributed by atoms with van der Waals surface area (Å²) in [7, 11) is 0. The minimum Gasteiger partial charge on any atom is -0.371 e. The van der Waals surface area contributed by atoms with Crippen LogP contribution < -0.4 is 0 Å². The highest BCUT2D eigenvalue weighted by molar-refractivity contribution is 8.14. The van der Waals surface area contributed by atoms with E-state index in [1.54, 1.807) is 23.9 Å². The third-order valence-corrected chi connectivity index (χ3v) is 5.37. The van der Waals surface area contributed by atoms with Crippen LogP contribution in [0.2, 0.25) is 0 Å². The number of rotatable bonds is 6. The van der Waals surface area contributed by atoms with Crippen LogP contribution in [0.25, 0.3) is 0 Å². The molecule has 1 heterocycles. The van der Waals surface area contributed by atoms with Crippen molar-refractivity contribution in [2.75, 3.05) is 12.3 Å². The van der Waals surface area contributed by atoms with Crippen LogP contribution in [0.15, 0.2) is 23.2 Å². The van der Waals surface area contributed by atoms with Gasteiger partial charge in [-0.15, -0.1) is 0 Å². The largest absolute Gasteiger partial charge is 0.371 e. The Balaban J connectivity index is 2.29. The van der Waals surface area contributed by atoms with Gasteiger partial charge in [-0.1, -0.05) is 25.6 Å². The lowest BCUT2D eigenvalue weighted by Gasteiger charge is -2.35. The van der Waals surface area contributed by atoms with Gasteiger partial charge < -0.3 is 9.64 Å². The molecule has 0 bridgehead atoms. The number of nitro benzene ring substituents is 1. The first-order valence-corrected chi connectivity index (χ1v) is 10.4. The molecule has 7 heteroatoms. The van der Waals surface area contributed by atoms with Gasteiger partial charge in [0.2, 0.25) is 0 Å². The number of nitrogens with zero attached hydrogens (tertiary/aromatic N) is 3. The third kappa shape index (κ3) is 5.94. The molecule has 1 aromatic rings. The van der Waals surface area contributed by atoms with E-state index >= 15 is 0 Å². The zero-order valence-electron chi connectivity index (χ0n) is 17.4. The number of hydrogen-bond acceptors (Lipinski definition) is 5.